The third-order valence-electron chi connectivity index (χ3n) is 3.48. The average Bonchev–Trinajstić information content (AvgIpc) is 2.60. The molecule has 3 amide bonds. The maximum Gasteiger partial charge on any atom is 0.243 e. The Labute approximate surface area is 159 Å². The maximum atomic E-state index is 12.1. The summed E-state index contributed by atoms with van der Waals surface area (Å²) in [5, 5.41) is 10.4. The van der Waals surface area contributed by atoms with Crippen LogP contribution in [0.1, 0.15) is 27.2 Å². The molecule has 0 radical (unpaired) electrons. The number of Topliss-reactive ketones (excluding diaryl/α,β-unsaturated/α-hetero) is 1. The van der Waals surface area contributed by atoms with Gasteiger partial charge in [0, 0.05) is 17.8 Å². The number of carbonyl (C=O) groups excluding carboxylic acids is 4. The van der Waals surface area contributed by atoms with E-state index in [9.17, 15) is 19.2 Å². The molecule has 0 bridgehead atoms. The number of nitrogens with two attached hydrogens (primary N) is 1. The van der Waals surface area contributed by atoms with Crippen molar-refractivity contribution in [1.29, 1.82) is 0 Å². The lowest BCUT2D eigenvalue weighted by Gasteiger charge is -2.15. The number of amides is 3. The van der Waals surface area contributed by atoms with E-state index >= 15 is 0 Å². The summed E-state index contributed by atoms with van der Waals surface area (Å²) >= 11 is 0. The zero-order valence-electron chi connectivity index (χ0n) is 14.9. The molecule has 1 aromatic rings. The number of ketones is 1. The zero-order chi connectivity index (χ0) is 19.5. The molecule has 1 atom stereocenters. The highest BCUT2D eigenvalue weighted by Gasteiger charge is 2.18. The first-order valence-corrected chi connectivity index (χ1v) is 8.18. The standard InChI is InChI=1S/C17H25N5O4.CH4/c1-11(23)9-20-15(24)8-7-14(19-2)17(26)21-10-16(25)22-13-5-3-12(18)4-6-13;/h3-6,14,19H,7-10,18H2,1-2H3,(H,20,24)(H,21,26)(H,22,25);1H4. The Hall–Kier alpha value is -2.94. The van der Waals surface area contributed by atoms with E-state index in [1.165, 1.54) is 6.92 Å². The first-order valence-electron chi connectivity index (χ1n) is 8.18. The monoisotopic (exact) mass is 379 g/mol. The van der Waals surface area contributed by atoms with Crippen molar-refractivity contribution < 1.29 is 19.2 Å². The molecule has 9 heteroatoms. The van der Waals surface area contributed by atoms with E-state index in [2.05, 4.69) is 21.3 Å². The number of anilines is 2. The molecule has 1 rings (SSSR count). The number of benzene rings is 1. The molecule has 0 aromatic heterocycles. The van der Waals surface area contributed by atoms with Gasteiger partial charge in [0.25, 0.3) is 0 Å². The van der Waals surface area contributed by atoms with E-state index in [1.807, 2.05) is 0 Å². The molecule has 0 aliphatic rings. The van der Waals surface area contributed by atoms with Crippen molar-refractivity contribution >= 4 is 34.9 Å². The maximum absolute atomic E-state index is 12.1. The second kappa shape index (κ2) is 12.4. The van der Waals surface area contributed by atoms with Crippen LogP contribution in [0.5, 0.6) is 0 Å². The minimum absolute atomic E-state index is 0. The predicted molar refractivity (Wildman–Crippen MR) is 105 cm³/mol. The molecule has 0 saturated carbocycles. The van der Waals surface area contributed by atoms with Gasteiger partial charge >= 0.3 is 0 Å². The van der Waals surface area contributed by atoms with Gasteiger partial charge in [0.1, 0.15) is 5.78 Å². The largest absolute Gasteiger partial charge is 0.399 e. The number of hydrogen-bond donors (Lipinski definition) is 5. The molecule has 6 N–H and O–H groups in total. The van der Waals surface area contributed by atoms with Crippen LogP contribution in [0.25, 0.3) is 0 Å². The molecule has 0 saturated heterocycles. The van der Waals surface area contributed by atoms with Gasteiger partial charge in [-0.1, -0.05) is 7.43 Å². The van der Waals surface area contributed by atoms with E-state index < -0.39 is 6.04 Å². The van der Waals surface area contributed by atoms with Crippen LogP contribution >= 0.6 is 0 Å². The van der Waals surface area contributed by atoms with Crippen LogP contribution in [-0.2, 0) is 19.2 Å². The first kappa shape index (κ1) is 24.1. The first-order chi connectivity index (χ1) is 12.3. The van der Waals surface area contributed by atoms with Gasteiger partial charge in [-0.3, -0.25) is 19.2 Å². The summed E-state index contributed by atoms with van der Waals surface area (Å²) in [5.41, 5.74) is 6.72. The number of rotatable bonds is 10. The van der Waals surface area contributed by atoms with Crippen molar-refractivity contribution in [3.8, 4) is 0 Å². The molecule has 0 aliphatic heterocycles. The highest BCUT2D eigenvalue weighted by Crippen LogP contribution is 2.09. The number of carbonyl (C=O) groups is 4. The van der Waals surface area contributed by atoms with E-state index in [-0.39, 0.29) is 56.9 Å². The van der Waals surface area contributed by atoms with Gasteiger partial charge in [0.2, 0.25) is 17.7 Å². The van der Waals surface area contributed by atoms with Gasteiger partial charge in [-0.05, 0) is 44.7 Å². The van der Waals surface area contributed by atoms with Crippen LogP contribution in [0.15, 0.2) is 24.3 Å². The van der Waals surface area contributed by atoms with Crippen molar-refractivity contribution in [2.45, 2.75) is 33.2 Å². The highest BCUT2D eigenvalue weighted by atomic mass is 16.2. The molecule has 9 nitrogen and oxygen atoms in total. The summed E-state index contributed by atoms with van der Waals surface area (Å²) in [6.07, 6.45) is 0.329. The molecular weight excluding hydrogens is 350 g/mol. The highest BCUT2D eigenvalue weighted by molar-refractivity contribution is 5.95. The van der Waals surface area contributed by atoms with Crippen LogP contribution in [0.4, 0.5) is 11.4 Å². The Kier molecular flexibility index (Phi) is 11.1. The van der Waals surface area contributed by atoms with Crippen LogP contribution in [0.2, 0.25) is 0 Å². The van der Waals surface area contributed by atoms with Crippen LogP contribution < -0.4 is 27.0 Å². The minimum Gasteiger partial charge on any atom is -0.399 e. The van der Waals surface area contributed by atoms with Gasteiger partial charge in [0.15, 0.2) is 0 Å². The molecule has 27 heavy (non-hydrogen) atoms. The minimum atomic E-state index is -0.623. The SMILES string of the molecule is C.CNC(CCC(=O)NCC(C)=O)C(=O)NCC(=O)Nc1ccc(N)cc1. The summed E-state index contributed by atoms with van der Waals surface area (Å²) < 4.78 is 0. The van der Waals surface area contributed by atoms with Crippen LogP contribution in [0.3, 0.4) is 0 Å². The number of nitrogen functional groups attached to an aromatic ring is 1. The number of hydrogen-bond acceptors (Lipinski definition) is 6. The molecule has 0 spiro atoms. The van der Waals surface area contributed by atoms with E-state index in [0.29, 0.717) is 11.4 Å². The van der Waals surface area contributed by atoms with Crippen molar-refractivity contribution in [2.24, 2.45) is 0 Å². The third-order valence-corrected chi connectivity index (χ3v) is 3.48. The lowest BCUT2D eigenvalue weighted by atomic mass is 10.1. The van der Waals surface area contributed by atoms with E-state index in [4.69, 9.17) is 5.73 Å². The number of likely N-dealkylation sites (N-methyl/N-ethyl adjacent to an activating group) is 1. The molecule has 1 unspecified atom stereocenters. The summed E-state index contributed by atoms with van der Waals surface area (Å²) in [5.74, 6) is -1.22. The van der Waals surface area contributed by atoms with Gasteiger partial charge < -0.3 is 27.0 Å². The lowest BCUT2D eigenvalue weighted by molar-refractivity contribution is -0.127. The molecule has 150 valence electrons. The van der Waals surface area contributed by atoms with Gasteiger partial charge in [0.05, 0.1) is 19.1 Å². The Morgan fingerprint density at radius 1 is 1.00 bits per heavy atom. The Morgan fingerprint density at radius 2 is 1.63 bits per heavy atom. The second-order valence-electron chi connectivity index (χ2n) is 5.75. The number of nitrogens with one attached hydrogen (secondary N) is 4. The molecule has 1 aromatic carbocycles. The van der Waals surface area contributed by atoms with Crippen molar-refractivity contribution in [3.05, 3.63) is 24.3 Å². The summed E-state index contributed by atoms with van der Waals surface area (Å²) in [7, 11) is 1.59. The zero-order valence-corrected chi connectivity index (χ0v) is 14.9. The van der Waals surface area contributed by atoms with Crippen molar-refractivity contribution in [1.82, 2.24) is 16.0 Å². The molecule has 0 heterocycles. The summed E-state index contributed by atoms with van der Waals surface area (Å²) in [4.78, 5) is 46.4. The normalized spacial score (nSPS) is 10.9. The van der Waals surface area contributed by atoms with E-state index in [1.54, 1.807) is 31.3 Å². The Balaban J connectivity index is 0.00000676. The fourth-order valence-corrected chi connectivity index (χ4v) is 2.06. The molecular formula is C18H29N5O4. The van der Waals surface area contributed by atoms with Crippen LogP contribution in [-0.4, -0.2) is 49.7 Å². The van der Waals surface area contributed by atoms with Gasteiger partial charge in [-0.15, -0.1) is 0 Å². The van der Waals surface area contributed by atoms with Crippen molar-refractivity contribution in [3.63, 3.8) is 0 Å². The fourth-order valence-electron chi connectivity index (χ4n) is 2.06. The smallest absolute Gasteiger partial charge is 0.243 e. The molecule has 0 aliphatic carbocycles. The predicted octanol–water partition coefficient (Wildman–Crippen LogP) is 0.0330. The summed E-state index contributed by atoms with van der Waals surface area (Å²) in [6, 6.07) is 6.00. The fraction of sp³-hybridized carbons (Fsp3) is 0.444. The third kappa shape index (κ3) is 9.95. The second-order valence-corrected chi connectivity index (χ2v) is 5.75. The average molecular weight is 379 g/mol. The topological polar surface area (TPSA) is 142 Å². The van der Waals surface area contributed by atoms with Crippen LogP contribution in [0, 0.1) is 0 Å². The van der Waals surface area contributed by atoms with Gasteiger partial charge in [-0.25, -0.2) is 0 Å². The van der Waals surface area contributed by atoms with E-state index in [0.717, 1.165) is 0 Å². The summed E-state index contributed by atoms with van der Waals surface area (Å²) in [6.45, 7) is 1.15. The quantitative estimate of drug-likeness (QED) is 0.363. The lowest BCUT2D eigenvalue weighted by Crippen LogP contribution is -2.45. The Morgan fingerprint density at radius 3 is 2.19 bits per heavy atom. The molecule has 0 fully saturated rings. The Bertz CT molecular complexity index is 646. The van der Waals surface area contributed by atoms with Crippen molar-refractivity contribution in [2.75, 3.05) is 31.2 Å². The van der Waals surface area contributed by atoms with Gasteiger partial charge in [-0.2, -0.15) is 0 Å².